The number of hydrogen-bond donors (Lipinski definition) is 0. The zero-order valence-corrected chi connectivity index (χ0v) is 14.4. The molecule has 3 rings (SSSR count). The summed E-state index contributed by atoms with van der Waals surface area (Å²) in [6, 6.07) is 2.83. The van der Waals surface area contributed by atoms with Crippen molar-refractivity contribution in [3.8, 4) is 5.88 Å². The minimum Gasteiger partial charge on any atom is -0.468 e. The van der Waals surface area contributed by atoms with E-state index in [2.05, 4.69) is 19.9 Å². The largest absolute Gasteiger partial charge is 0.468 e. The Bertz CT molecular complexity index is 867. The van der Waals surface area contributed by atoms with Gasteiger partial charge < -0.3 is 9.26 Å². The number of alkyl halides is 3. The summed E-state index contributed by atoms with van der Waals surface area (Å²) >= 11 is 0. The van der Waals surface area contributed by atoms with Gasteiger partial charge in [-0.3, -0.25) is 0 Å². The van der Waals surface area contributed by atoms with Crippen LogP contribution in [0.3, 0.4) is 0 Å². The topological polar surface area (TPSA) is 98.4 Å². The van der Waals surface area contributed by atoms with Gasteiger partial charge in [-0.05, 0) is 12.0 Å². The number of halogens is 3. The Balaban J connectivity index is 1.64. The Morgan fingerprint density at radius 1 is 1.38 bits per heavy atom. The molecule has 26 heavy (non-hydrogen) atoms. The molecular weight excluding hydrogens is 377 g/mol. The van der Waals surface area contributed by atoms with Gasteiger partial charge >= 0.3 is 6.18 Å². The highest BCUT2D eigenvalue weighted by Crippen LogP contribution is 2.33. The van der Waals surface area contributed by atoms with Gasteiger partial charge in [-0.25, -0.2) is 17.7 Å². The van der Waals surface area contributed by atoms with E-state index in [9.17, 15) is 21.6 Å². The fourth-order valence-electron chi connectivity index (χ4n) is 2.45. The van der Waals surface area contributed by atoms with E-state index >= 15 is 0 Å². The molecule has 1 atom stereocenters. The molecule has 0 bridgehead atoms. The Morgan fingerprint density at radius 2 is 2.15 bits per heavy atom. The molecule has 142 valence electrons. The second kappa shape index (κ2) is 6.83. The van der Waals surface area contributed by atoms with Crippen molar-refractivity contribution in [2.24, 2.45) is 0 Å². The van der Waals surface area contributed by atoms with E-state index in [1.807, 2.05) is 0 Å². The van der Waals surface area contributed by atoms with Gasteiger partial charge in [0.15, 0.2) is 17.7 Å². The lowest BCUT2D eigenvalue weighted by molar-refractivity contribution is -0.154. The molecule has 0 aliphatic carbocycles. The van der Waals surface area contributed by atoms with Crippen molar-refractivity contribution in [2.45, 2.75) is 24.3 Å². The van der Waals surface area contributed by atoms with Gasteiger partial charge in [0.25, 0.3) is 0 Å². The maximum absolute atomic E-state index is 12.1. The predicted octanol–water partition coefficient (Wildman–Crippen LogP) is 1.70. The van der Waals surface area contributed by atoms with Crippen LogP contribution in [0.15, 0.2) is 22.9 Å². The highest BCUT2D eigenvalue weighted by Gasteiger charge is 2.41. The van der Waals surface area contributed by atoms with Crippen molar-refractivity contribution in [1.82, 2.24) is 19.4 Å². The van der Waals surface area contributed by atoms with Crippen molar-refractivity contribution < 1.29 is 30.8 Å². The van der Waals surface area contributed by atoms with E-state index in [1.54, 1.807) is 0 Å². The van der Waals surface area contributed by atoms with Crippen molar-refractivity contribution in [1.29, 1.82) is 0 Å². The molecule has 0 amide bonds. The Labute approximate surface area is 147 Å². The molecule has 1 aliphatic rings. The summed E-state index contributed by atoms with van der Waals surface area (Å²) in [5.41, 5.74) is 0.614. The molecule has 1 unspecified atom stereocenters. The molecule has 3 heterocycles. The monoisotopic (exact) mass is 392 g/mol. The molecule has 2 aromatic rings. The number of hydrogen-bond acceptors (Lipinski definition) is 7. The Morgan fingerprint density at radius 3 is 2.73 bits per heavy atom. The maximum Gasteiger partial charge on any atom is 0.422 e. The second-order valence-electron chi connectivity index (χ2n) is 5.78. The van der Waals surface area contributed by atoms with Gasteiger partial charge in [-0.2, -0.15) is 18.2 Å². The number of rotatable bonds is 5. The molecular formula is C14H15F3N4O4S. The third kappa shape index (κ3) is 4.12. The van der Waals surface area contributed by atoms with Crippen LogP contribution in [0.5, 0.6) is 5.88 Å². The SMILES string of the molecule is CN1CCC(c2nc(Cc3ccc(OCC(F)(F)F)nc3)no2)S1(=O)=O. The van der Waals surface area contributed by atoms with Gasteiger partial charge in [0.2, 0.25) is 21.8 Å². The molecule has 1 aliphatic heterocycles. The van der Waals surface area contributed by atoms with Gasteiger partial charge in [-0.15, -0.1) is 0 Å². The summed E-state index contributed by atoms with van der Waals surface area (Å²) < 4.78 is 71.4. The fourth-order valence-corrected chi connectivity index (χ4v) is 4.00. The van der Waals surface area contributed by atoms with Crippen LogP contribution >= 0.6 is 0 Å². The zero-order chi connectivity index (χ0) is 18.9. The molecule has 0 spiro atoms. The number of nitrogens with zero attached hydrogens (tertiary/aromatic N) is 4. The first-order chi connectivity index (χ1) is 12.1. The molecule has 0 saturated carbocycles. The van der Waals surface area contributed by atoms with Gasteiger partial charge in [0.1, 0.15) is 0 Å². The van der Waals surface area contributed by atoms with Crippen LogP contribution in [0.2, 0.25) is 0 Å². The van der Waals surface area contributed by atoms with Crippen molar-refractivity contribution in [3.63, 3.8) is 0 Å². The van der Waals surface area contributed by atoms with Crippen LogP contribution in [0.1, 0.15) is 28.9 Å². The van der Waals surface area contributed by atoms with Crippen LogP contribution in [0, 0.1) is 0 Å². The highest BCUT2D eigenvalue weighted by molar-refractivity contribution is 7.89. The van der Waals surface area contributed by atoms with Crippen LogP contribution in [-0.4, -0.2) is 54.2 Å². The quantitative estimate of drug-likeness (QED) is 0.764. The van der Waals surface area contributed by atoms with Crippen LogP contribution in [-0.2, 0) is 16.4 Å². The summed E-state index contributed by atoms with van der Waals surface area (Å²) in [5.74, 6) is 0.137. The lowest BCUT2D eigenvalue weighted by atomic mass is 10.2. The number of aromatic nitrogens is 3. The number of pyridine rings is 1. The molecule has 0 N–H and O–H groups in total. The molecule has 1 fully saturated rings. The van der Waals surface area contributed by atoms with E-state index in [0.29, 0.717) is 18.5 Å². The van der Waals surface area contributed by atoms with E-state index in [0.717, 1.165) is 0 Å². The molecule has 0 aromatic carbocycles. The van der Waals surface area contributed by atoms with E-state index in [1.165, 1.54) is 29.7 Å². The van der Waals surface area contributed by atoms with Crippen LogP contribution in [0.25, 0.3) is 0 Å². The summed E-state index contributed by atoms with van der Waals surface area (Å²) in [6.45, 7) is -1.04. The van der Waals surface area contributed by atoms with E-state index in [-0.39, 0.29) is 24.0 Å². The first-order valence-electron chi connectivity index (χ1n) is 7.57. The summed E-state index contributed by atoms with van der Waals surface area (Å²) in [7, 11) is -2.00. The van der Waals surface area contributed by atoms with E-state index < -0.39 is 28.1 Å². The van der Waals surface area contributed by atoms with Crippen LogP contribution in [0.4, 0.5) is 13.2 Å². The molecule has 0 radical (unpaired) electrons. The second-order valence-corrected chi connectivity index (χ2v) is 8.00. The average molecular weight is 392 g/mol. The van der Waals surface area contributed by atoms with Crippen LogP contribution < -0.4 is 4.74 Å². The highest BCUT2D eigenvalue weighted by atomic mass is 32.2. The fraction of sp³-hybridized carbons (Fsp3) is 0.500. The van der Waals surface area contributed by atoms with Gasteiger partial charge in [-0.1, -0.05) is 11.2 Å². The predicted molar refractivity (Wildman–Crippen MR) is 81.8 cm³/mol. The normalized spacial score (nSPS) is 20.4. The third-order valence-electron chi connectivity index (χ3n) is 3.80. The average Bonchev–Trinajstić information content (AvgIpc) is 3.11. The molecule has 12 heteroatoms. The summed E-state index contributed by atoms with van der Waals surface area (Å²) in [4.78, 5) is 7.90. The van der Waals surface area contributed by atoms with Gasteiger partial charge in [0.05, 0.1) is 0 Å². The smallest absolute Gasteiger partial charge is 0.422 e. The maximum atomic E-state index is 12.1. The zero-order valence-electron chi connectivity index (χ0n) is 13.6. The van der Waals surface area contributed by atoms with Gasteiger partial charge in [0, 0.05) is 32.3 Å². The number of sulfonamides is 1. The molecule has 2 aromatic heterocycles. The summed E-state index contributed by atoms with van der Waals surface area (Å²) in [5, 5.41) is 2.90. The van der Waals surface area contributed by atoms with Crippen molar-refractivity contribution >= 4 is 10.0 Å². The lowest BCUT2D eigenvalue weighted by Gasteiger charge is -2.08. The molecule has 8 nitrogen and oxygen atoms in total. The standard InChI is InChI=1S/C14H15F3N4O4S/c1-21-5-4-10(26(21,22)23)13-19-11(20-25-13)6-9-2-3-12(18-7-9)24-8-14(15,16)17/h2-3,7,10H,4-6,8H2,1H3. The molecule has 1 saturated heterocycles. The Kier molecular flexibility index (Phi) is 4.88. The van der Waals surface area contributed by atoms with E-state index in [4.69, 9.17) is 4.52 Å². The minimum atomic E-state index is -4.43. The third-order valence-corrected chi connectivity index (χ3v) is 6.01. The number of ether oxygens (including phenoxy) is 1. The first-order valence-corrected chi connectivity index (χ1v) is 9.07. The van der Waals surface area contributed by atoms with Crippen molar-refractivity contribution in [2.75, 3.05) is 20.2 Å². The summed E-state index contributed by atoms with van der Waals surface area (Å²) in [6.07, 6.45) is -2.54. The lowest BCUT2D eigenvalue weighted by Crippen LogP contribution is -2.22. The first kappa shape index (κ1) is 18.6. The minimum absolute atomic E-state index is 0.0300. The Hall–Kier alpha value is -2.21. The van der Waals surface area contributed by atoms with Crippen molar-refractivity contribution in [3.05, 3.63) is 35.6 Å².